The summed E-state index contributed by atoms with van der Waals surface area (Å²) in [6.45, 7) is 4.09. The highest BCUT2D eigenvalue weighted by molar-refractivity contribution is 5.87. The topological polar surface area (TPSA) is 52.0 Å². The SMILES string of the molecule is CC(C)OC1=C(Nc2ncnc3ccn(C)c23)C=CCC1. The molecule has 5 heteroatoms. The summed E-state index contributed by atoms with van der Waals surface area (Å²) in [4.78, 5) is 8.67. The molecule has 0 radical (unpaired) electrons. The zero-order valence-corrected chi connectivity index (χ0v) is 12.6. The van der Waals surface area contributed by atoms with E-state index < -0.39 is 0 Å². The van der Waals surface area contributed by atoms with Crippen LogP contribution in [0.3, 0.4) is 0 Å². The first-order chi connectivity index (χ1) is 10.1. The van der Waals surface area contributed by atoms with Gasteiger partial charge in [-0.2, -0.15) is 0 Å². The molecule has 0 fully saturated rings. The van der Waals surface area contributed by atoms with Gasteiger partial charge in [0.2, 0.25) is 0 Å². The van der Waals surface area contributed by atoms with Crippen molar-refractivity contribution in [1.29, 1.82) is 0 Å². The van der Waals surface area contributed by atoms with Gasteiger partial charge >= 0.3 is 0 Å². The minimum absolute atomic E-state index is 0.170. The predicted molar refractivity (Wildman–Crippen MR) is 83.8 cm³/mol. The second-order valence-electron chi connectivity index (χ2n) is 5.45. The molecule has 0 aromatic carbocycles. The van der Waals surface area contributed by atoms with E-state index in [1.807, 2.05) is 37.7 Å². The fourth-order valence-corrected chi connectivity index (χ4v) is 2.50. The standard InChI is InChI=1S/C16H20N4O/c1-11(2)21-14-7-5-4-6-12(14)19-16-15-13(17-10-18-16)8-9-20(15)3/h4,6,8-11H,5,7H2,1-3H3,(H,17,18,19). The van der Waals surface area contributed by atoms with Crippen LogP contribution in [-0.4, -0.2) is 20.6 Å². The lowest BCUT2D eigenvalue weighted by Gasteiger charge is -2.20. The van der Waals surface area contributed by atoms with Gasteiger partial charge in [-0.1, -0.05) is 6.08 Å². The number of aromatic nitrogens is 3. The molecule has 0 atom stereocenters. The summed E-state index contributed by atoms with van der Waals surface area (Å²) in [7, 11) is 1.99. The van der Waals surface area contributed by atoms with E-state index in [0.717, 1.165) is 41.1 Å². The van der Waals surface area contributed by atoms with E-state index in [9.17, 15) is 0 Å². The zero-order valence-electron chi connectivity index (χ0n) is 12.6. The number of ether oxygens (including phenoxy) is 1. The smallest absolute Gasteiger partial charge is 0.158 e. The number of fused-ring (bicyclic) bond motifs is 1. The van der Waals surface area contributed by atoms with E-state index in [1.54, 1.807) is 6.33 Å². The number of anilines is 1. The minimum Gasteiger partial charge on any atom is -0.493 e. The predicted octanol–water partition coefficient (Wildman–Crippen LogP) is 3.37. The summed E-state index contributed by atoms with van der Waals surface area (Å²) in [6, 6.07) is 1.98. The van der Waals surface area contributed by atoms with Crippen LogP contribution in [0.15, 0.2) is 42.2 Å². The first kappa shape index (κ1) is 13.7. The van der Waals surface area contributed by atoms with Crippen molar-refractivity contribution in [2.24, 2.45) is 7.05 Å². The van der Waals surface area contributed by atoms with Gasteiger partial charge < -0.3 is 14.6 Å². The maximum Gasteiger partial charge on any atom is 0.158 e. The molecule has 5 nitrogen and oxygen atoms in total. The lowest BCUT2D eigenvalue weighted by atomic mass is 10.1. The van der Waals surface area contributed by atoms with Crippen molar-refractivity contribution in [1.82, 2.24) is 14.5 Å². The lowest BCUT2D eigenvalue weighted by molar-refractivity contribution is 0.137. The van der Waals surface area contributed by atoms with Crippen LogP contribution in [0.5, 0.6) is 0 Å². The maximum absolute atomic E-state index is 5.92. The first-order valence-corrected chi connectivity index (χ1v) is 7.24. The number of nitrogens with one attached hydrogen (secondary N) is 1. The van der Waals surface area contributed by atoms with E-state index in [2.05, 4.69) is 27.4 Å². The maximum atomic E-state index is 5.92. The molecule has 0 amide bonds. The van der Waals surface area contributed by atoms with Gasteiger partial charge in [0.05, 0.1) is 17.3 Å². The zero-order chi connectivity index (χ0) is 14.8. The number of aryl methyl sites for hydroxylation is 1. The Morgan fingerprint density at radius 3 is 3.00 bits per heavy atom. The minimum atomic E-state index is 0.170. The molecular weight excluding hydrogens is 264 g/mol. The molecule has 0 bridgehead atoms. The molecule has 0 saturated carbocycles. The van der Waals surface area contributed by atoms with Gasteiger partial charge in [0.1, 0.15) is 17.6 Å². The molecule has 1 N–H and O–H groups in total. The molecule has 1 aliphatic carbocycles. The molecule has 2 aromatic rings. The molecule has 0 saturated heterocycles. The first-order valence-electron chi connectivity index (χ1n) is 7.24. The third-order valence-corrected chi connectivity index (χ3v) is 3.41. The Morgan fingerprint density at radius 1 is 1.33 bits per heavy atom. The van der Waals surface area contributed by atoms with Crippen LogP contribution in [0, 0.1) is 0 Å². The van der Waals surface area contributed by atoms with Gasteiger partial charge in [-0.05, 0) is 32.4 Å². The molecule has 2 aromatic heterocycles. The molecule has 110 valence electrons. The molecule has 3 rings (SSSR count). The van der Waals surface area contributed by atoms with Gasteiger partial charge in [0.25, 0.3) is 0 Å². The van der Waals surface area contributed by atoms with Gasteiger partial charge in [-0.15, -0.1) is 0 Å². The Balaban J connectivity index is 1.98. The fourth-order valence-electron chi connectivity index (χ4n) is 2.50. The van der Waals surface area contributed by atoms with Crippen molar-refractivity contribution >= 4 is 16.9 Å². The fraction of sp³-hybridized carbons (Fsp3) is 0.375. The van der Waals surface area contributed by atoms with E-state index in [4.69, 9.17) is 4.74 Å². The summed E-state index contributed by atoms with van der Waals surface area (Å²) in [6.07, 6.45) is 9.89. The number of hydrogen-bond donors (Lipinski definition) is 1. The van der Waals surface area contributed by atoms with Crippen molar-refractivity contribution in [2.75, 3.05) is 5.32 Å². The summed E-state index contributed by atoms with van der Waals surface area (Å²) < 4.78 is 7.94. The Morgan fingerprint density at radius 2 is 2.19 bits per heavy atom. The van der Waals surface area contributed by atoms with Crippen LogP contribution in [0.1, 0.15) is 26.7 Å². The third kappa shape index (κ3) is 2.77. The van der Waals surface area contributed by atoms with Crippen molar-refractivity contribution in [3.63, 3.8) is 0 Å². The molecule has 1 aliphatic rings. The third-order valence-electron chi connectivity index (χ3n) is 3.41. The van der Waals surface area contributed by atoms with Gasteiger partial charge in [-0.25, -0.2) is 9.97 Å². The van der Waals surface area contributed by atoms with E-state index in [0.29, 0.717) is 0 Å². The molecule has 0 unspecified atom stereocenters. The van der Waals surface area contributed by atoms with Crippen LogP contribution in [0.4, 0.5) is 5.82 Å². The second-order valence-corrected chi connectivity index (χ2v) is 5.45. The Kier molecular flexibility index (Phi) is 3.64. The van der Waals surface area contributed by atoms with Gasteiger partial charge in [0, 0.05) is 19.7 Å². The van der Waals surface area contributed by atoms with Gasteiger partial charge in [0.15, 0.2) is 5.82 Å². The monoisotopic (exact) mass is 284 g/mol. The summed E-state index contributed by atoms with van der Waals surface area (Å²) in [5.41, 5.74) is 2.91. The molecule has 0 spiro atoms. The van der Waals surface area contributed by atoms with Crippen LogP contribution in [-0.2, 0) is 11.8 Å². The van der Waals surface area contributed by atoms with Crippen molar-refractivity contribution in [3.05, 3.63) is 42.2 Å². The number of allylic oxidation sites excluding steroid dienone is 3. The van der Waals surface area contributed by atoms with Crippen molar-refractivity contribution < 1.29 is 4.74 Å². The average Bonchev–Trinajstić information content (AvgIpc) is 2.83. The normalized spacial score (nSPS) is 15.0. The van der Waals surface area contributed by atoms with Crippen LogP contribution in [0.25, 0.3) is 11.0 Å². The molecular formula is C16H20N4O. The number of hydrogen-bond acceptors (Lipinski definition) is 4. The van der Waals surface area contributed by atoms with Crippen LogP contribution in [0.2, 0.25) is 0 Å². The Bertz CT molecular complexity index is 712. The highest BCUT2D eigenvalue weighted by atomic mass is 16.5. The van der Waals surface area contributed by atoms with Crippen molar-refractivity contribution in [2.45, 2.75) is 32.8 Å². The molecule has 21 heavy (non-hydrogen) atoms. The van der Waals surface area contributed by atoms with E-state index >= 15 is 0 Å². The summed E-state index contributed by atoms with van der Waals surface area (Å²) >= 11 is 0. The quantitative estimate of drug-likeness (QED) is 0.935. The van der Waals surface area contributed by atoms with E-state index in [-0.39, 0.29) is 6.10 Å². The Labute approximate surface area is 124 Å². The second kappa shape index (κ2) is 5.60. The van der Waals surface area contributed by atoms with Gasteiger partial charge in [-0.3, -0.25) is 0 Å². The van der Waals surface area contributed by atoms with Crippen molar-refractivity contribution in [3.8, 4) is 0 Å². The average molecular weight is 284 g/mol. The van der Waals surface area contributed by atoms with Crippen LogP contribution >= 0.6 is 0 Å². The summed E-state index contributed by atoms with van der Waals surface area (Å²) in [5, 5.41) is 3.40. The summed E-state index contributed by atoms with van der Waals surface area (Å²) in [5.74, 6) is 1.80. The highest BCUT2D eigenvalue weighted by Crippen LogP contribution is 2.26. The number of nitrogens with zero attached hydrogens (tertiary/aromatic N) is 3. The van der Waals surface area contributed by atoms with Crippen LogP contribution < -0.4 is 5.32 Å². The lowest BCUT2D eigenvalue weighted by Crippen LogP contribution is -2.12. The highest BCUT2D eigenvalue weighted by Gasteiger charge is 2.14. The number of rotatable bonds is 4. The largest absolute Gasteiger partial charge is 0.493 e. The van der Waals surface area contributed by atoms with E-state index in [1.165, 1.54) is 0 Å². The molecule has 0 aliphatic heterocycles. The Hall–Kier alpha value is -2.30. The molecule has 2 heterocycles.